The minimum absolute atomic E-state index is 0.305. The van der Waals surface area contributed by atoms with Gasteiger partial charge in [-0.1, -0.05) is 39.0 Å². The molecule has 0 saturated carbocycles. The van der Waals surface area contributed by atoms with E-state index < -0.39 is 9.84 Å². The van der Waals surface area contributed by atoms with Gasteiger partial charge in [0.15, 0.2) is 9.84 Å². The second-order valence-corrected chi connectivity index (χ2v) is 7.58. The van der Waals surface area contributed by atoms with Crippen LogP contribution in [0.5, 0.6) is 0 Å². The van der Waals surface area contributed by atoms with Gasteiger partial charge in [-0.15, -0.1) is 0 Å². The summed E-state index contributed by atoms with van der Waals surface area (Å²) in [5, 5.41) is 0. The normalized spacial score (nSPS) is 21.9. The van der Waals surface area contributed by atoms with E-state index in [9.17, 15) is 8.42 Å². The first-order chi connectivity index (χ1) is 8.59. The Labute approximate surface area is 112 Å². The van der Waals surface area contributed by atoms with E-state index >= 15 is 0 Å². The van der Waals surface area contributed by atoms with Gasteiger partial charge in [0, 0.05) is 25.7 Å². The Kier molecular flexibility index (Phi) is 7.19. The molecule has 0 aromatic carbocycles. The first-order valence-electron chi connectivity index (χ1n) is 7.23. The molecule has 1 aliphatic heterocycles. The van der Waals surface area contributed by atoms with Crippen LogP contribution in [0.4, 0.5) is 0 Å². The van der Waals surface area contributed by atoms with Crippen LogP contribution in [-0.4, -0.2) is 50.5 Å². The van der Waals surface area contributed by atoms with Crippen molar-refractivity contribution in [2.24, 2.45) is 5.73 Å². The van der Waals surface area contributed by atoms with Gasteiger partial charge in [-0.05, 0) is 6.42 Å². The topological polar surface area (TPSA) is 63.4 Å². The molecule has 2 N–H and O–H groups in total. The second kappa shape index (κ2) is 8.12. The SMILES string of the molecule is CCCCCCCC(CN)N1CCS(=O)(=O)CC1. The number of sulfone groups is 1. The molecule has 0 aliphatic carbocycles. The number of hydrogen-bond acceptors (Lipinski definition) is 4. The summed E-state index contributed by atoms with van der Waals surface area (Å²) in [6.45, 7) is 4.20. The molecule has 1 saturated heterocycles. The maximum atomic E-state index is 11.4. The third-order valence-corrected chi connectivity index (χ3v) is 5.42. The van der Waals surface area contributed by atoms with Crippen LogP contribution in [0.25, 0.3) is 0 Å². The predicted octanol–water partition coefficient (Wildman–Crippen LogP) is 1.40. The maximum Gasteiger partial charge on any atom is 0.152 e. The number of hydrogen-bond donors (Lipinski definition) is 1. The summed E-state index contributed by atoms with van der Waals surface area (Å²) in [5.41, 5.74) is 5.82. The molecule has 18 heavy (non-hydrogen) atoms. The van der Waals surface area contributed by atoms with E-state index in [4.69, 9.17) is 5.73 Å². The van der Waals surface area contributed by atoms with Crippen molar-refractivity contribution in [3.63, 3.8) is 0 Å². The fraction of sp³-hybridized carbons (Fsp3) is 1.00. The van der Waals surface area contributed by atoms with E-state index in [1.807, 2.05) is 0 Å². The molecular weight excluding hydrogens is 248 g/mol. The van der Waals surface area contributed by atoms with Gasteiger partial charge in [-0.3, -0.25) is 4.90 Å². The van der Waals surface area contributed by atoms with E-state index in [0.717, 1.165) is 6.42 Å². The van der Waals surface area contributed by atoms with Gasteiger partial charge >= 0.3 is 0 Å². The van der Waals surface area contributed by atoms with Crippen LogP contribution >= 0.6 is 0 Å². The fourth-order valence-corrected chi connectivity index (χ4v) is 3.75. The molecule has 1 unspecified atom stereocenters. The van der Waals surface area contributed by atoms with Crippen molar-refractivity contribution in [1.82, 2.24) is 4.90 Å². The van der Waals surface area contributed by atoms with Crippen molar-refractivity contribution in [3.8, 4) is 0 Å². The molecule has 0 aromatic heterocycles. The number of nitrogens with zero attached hydrogens (tertiary/aromatic N) is 1. The van der Waals surface area contributed by atoms with Gasteiger partial charge in [0.05, 0.1) is 11.5 Å². The third-order valence-electron chi connectivity index (χ3n) is 3.81. The lowest BCUT2D eigenvalue weighted by Crippen LogP contribution is -2.48. The molecule has 4 nitrogen and oxygen atoms in total. The maximum absolute atomic E-state index is 11.4. The number of nitrogens with two attached hydrogens (primary N) is 1. The quantitative estimate of drug-likeness (QED) is 0.681. The molecule has 1 heterocycles. The summed E-state index contributed by atoms with van der Waals surface area (Å²) >= 11 is 0. The second-order valence-electron chi connectivity index (χ2n) is 5.28. The lowest BCUT2D eigenvalue weighted by molar-refractivity contribution is 0.202. The predicted molar refractivity (Wildman–Crippen MR) is 76.4 cm³/mol. The first kappa shape index (κ1) is 15.9. The van der Waals surface area contributed by atoms with E-state index in [1.165, 1.54) is 32.1 Å². The van der Waals surface area contributed by atoms with E-state index in [-0.39, 0.29) is 0 Å². The van der Waals surface area contributed by atoms with E-state index in [2.05, 4.69) is 11.8 Å². The zero-order chi connectivity index (χ0) is 13.4. The number of unbranched alkanes of at least 4 members (excludes halogenated alkanes) is 4. The summed E-state index contributed by atoms with van der Waals surface area (Å²) in [5.74, 6) is 0.610. The van der Waals surface area contributed by atoms with Crippen LogP contribution in [-0.2, 0) is 9.84 Å². The van der Waals surface area contributed by atoms with Crippen molar-refractivity contribution in [2.75, 3.05) is 31.1 Å². The monoisotopic (exact) mass is 276 g/mol. The lowest BCUT2D eigenvalue weighted by Gasteiger charge is -2.33. The van der Waals surface area contributed by atoms with E-state index in [1.54, 1.807) is 0 Å². The van der Waals surface area contributed by atoms with Crippen LogP contribution < -0.4 is 5.73 Å². The zero-order valence-corrected chi connectivity index (χ0v) is 12.4. The standard InChI is InChI=1S/C13H28N2O2S/c1-2-3-4-5-6-7-13(12-14)15-8-10-18(16,17)11-9-15/h13H,2-12,14H2,1H3. The summed E-state index contributed by atoms with van der Waals surface area (Å²) in [7, 11) is -2.77. The highest BCUT2D eigenvalue weighted by molar-refractivity contribution is 7.91. The lowest BCUT2D eigenvalue weighted by atomic mass is 10.1. The molecule has 0 amide bonds. The molecule has 5 heteroatoms. The average molecular weight is 276 g/mol. The molecule has 0 aromatic rings. The Hall–Kier alpha value is -0.130. The molecule has 1 atom stereocenters. The molecule has 0 spiro atoms. The first-order valence-corrected chi connectivity index (χ1v) is 9.05. The van der Waals surface area contributed by atoms with Gasteiger partial charge in [0.25, 0.3) is 0 Å². The smallest absolute Gasteiger partial charge is 0.152 e. The highest BCUT2D eigenvalue weighted by Crippen LogP contribution is 2.14. The minimum Gasteiger partial charge on any atom is -0.329 e. The van der Waals surface area contributed by atoms with Crippen LogP contribution in [0.1, 0.15) is 45.4 Å². The van der Waals surface area contributed by atoms with Crippen molar-refractivity contribution < 1.29 is 8.42 Å². The van der Waals surface area contributed by atoms with Crippen molar-refractivity contribution in [3.05, 3.63) is 0 Å². The van der Waals surface area contributed by atoms with Crippen LogP contribution in [0.3, 0.4) is 0 Å². The summed E-state index contributed by atoms with van der Waals surface area (Å²) in [4.78, 5) is 2.26. The Balaban J connectivity index is 2.24. The minimum atomic E-state index is -2.77. The third kappa shape index (κ3) is 5.67. The molecule has 0 bridgehead atoms. The zero-order valence-electron chi connectivity index (χ0n) is 11.6. The van der Waals surface area contributed by atoms with Crippen LogP contribution in [0, 0.1) is 0 Å². The van der Waals surface area contributed by atoms with Gasteiger partial charge in [-0.2, -0.15) is 0 Å². The van der Waals surface area contributed by atoms with Crippen LogP contribution in [0.15, 0.2) is 0 Å². The molecule has 108 valence electrons. The van der Waals surface area contributed by atoms with Crippen molar-refractivity contribution in [1.29, 1.82) is 0 Å². The molecule has 1 aliphatic rings. The summed E-state index contributed by atoms with van der Waals surface area (Å²) in [6.07, 6.45) is 7.49. The average Bonchev–Trinajstić information content (AvgIpc) is 2.35. The van der Waals surface area contributed by atoms with Gasteiger partial charge in [0.1, 0.15) is 0 Å². The van der Waals surface area contributed by atoms with Gasteiger partial charge in [-0.25, -0.2) is 8.42 Å². The molecule has 0 radical (unpaired) electrons. The van der Waals surface area contributed by atoms with Gasteiger partial charge in [0.2, 0.25) is 0 Å². The Bertz CT molecular complexity index is 303. The Morgan fingerprint density at radius 3 is 2.28 bits per heavy atom. The highest BCUT2D eigenvalue weighted by atomic mass is 32.2. The number of rotatable bonds is 8. The molecule has 1 fully saturated rings. The van der Waals surface area contributed by atoms with Gasteiger partial charge < -0.3 is 5.73 Å². The Morgan fingerprint density at radius 2 is 1.72 bits per heavy atom. The highest BCUT2D eigenvalue weighted by Gasteiger charge is 2.25. The largest absolute Gasteiger partial charge is 0.329 e. The van der Waals surface area contributed by atoms with Crippen molar-refractivity contribution >= 4 is 9.84 Å². The summed E-state index contributed by atoms with van der Waals surface area (Å²) in [6, 6.07) is 0.377. The fourth-order valence-electron chi connectivity index (χ4n) is 2.52. The van der Waals surface area contributed by atoms with E-state index in [0.29, 0.717) is 37.2 Å². The Morgan fingerprint density at radius 1 is 1.11 bits per heavy atom. The molecular formula is C13H28N2O2S. The molecule has 1 rings (SSSR count). The van der Waals surface area contributed by atoms with Crippen LogP contribution in [0.2, 0.25) is 0 Å². The van der Waals surface area contributed by atoms with Crippen molar-refractivity contribution in [2.45, 2.75) is 51.5 Å². The summed E-state index contributed by atoms with van der Waals surface area (Å²) < 4.78 is 22.8.